The fraction of sp³-hybridized carbons (Fsp3) is 0.407. The van der Waals surface area contributed by atoms with Crippen molar-refractivity contribution in [3.63, 3.8) is 0 Å². The SMILES string of the molecule is CNC[C@@H](O)COc1cccc(-c2nc(-c3c[nH]c4ncncc34)c(C)c(N(C)C3CCOCC3)n2)c1. The van der Waals surface area contributed by atoms with Crippen molar-refractivity contribution in [2.24, 2.45) is 0 Å². The standard InChI is InChI=1S/C27H33N7O3/c1-17-24(22-14-30-26-23(22)13-29-16-31-26)32-25(33-27(17)34(3)19-7-9-36-10-8-19)18-5-4-6-21(11-18)37-15-20(35)12-28-2/h4-6,11,13-14,16,19-20,28,35H,7-10,12,15H2,1-3H3,(H,29,30,31)/t20-/m1/s1. The van der Waals surface area contributed by atoms with Crippen LogP contribution in [0.25, 0.3) is 33.7 Å². The van der Waals surface area contributed by atoms with Gasteiger partial charge in [0.2, 0.25) is 0 Å². The molecule has 0 saturated carbocycles. The van der Waals surface area contributed by atoms with Gasteiger partial charge in [-0.05, 0) is 38.9 Å². The molecule has 4 aromatic rings. The molecule has 0 bridgehead atoms. The number of aliphatic hydroxyl groups excluding tert-OH is 1. The van der Waals surface area contributed by atoms with E-state index in [-0.39, 0.29) is 6.61 Å². The molecular weight excluding hydrogens is 470 g/mol. The van der Waals surface area contributed by atoms with Crippen molar-refractivity contribution >= 4 is 16.9 Å². The molecule has 1 atom stereocenters. The Bertz CT molecular complexity index is 1350. The first-order valence-electron chi connectivity index (χ1n) is 12.6. The summed E-state index contributed by atoms with van der Waals surface area (Å²) in [6.07, 6.45) is 6.57. The summed E-state index contributed by atoms with van der Waals surface area (Å²) in [6.45, 7) is 4.21. The van der Waals surface area contributed by atoms with Gasteiger partial charge in [-0.15, -0.1) is 0 Å². The number of hydrogen-bond acceptors (Lipinski definition) is 9. The van der Waals surface area contributed by atoms with Gasteiger partial charge < -0.3 is 29.8 Å². The summed E-state index contributed by atoms with van der Waals surface area (Å²) in [6, 6.07) is 8.01. The lowest BCUT2D eigenvalue weighted by molar-refractivity contribution is 0.0853. The van der Waals surface area contributed by atoms with E-state index >= 15 is 0 Å². The van der Waals surface area contributed by atoms with Crippen LogP contribution in [0.4, 0.5) is 5.82 Å². The molecule has 194 valence electrons. The minimum atomic E-state index is -0.598. The Morgan fingerprint density at radius 3 is 2.92 bits per heavy atom. The highest BCUT2D eigenvalue weighted by Gasteiger charge is 2.25. The van der Waals surface area contributed by atoms with E-state index in [2.05, 4.69) is 39.1 Å². The normalized spacial score (nSPS) is 15.1. The monoisotopic (exact) mass is 503 g/mol. The van der Waals surface area contributed by atoms with Gasteiger partial charge in [0.1, 0.15) is 36.3 Å². The van der Waals surface area contributed by atoms with Crippen LogP contribution in [-0.2, 0) is 4.74 Å². The van der Waals surface area contributed by atoms with Gasteiger partial charge in [0.15, 0.2) is 5.82 Å². The van der Waals surface area contributed by atoms with Gasteiger partial charge in [0.05, 0.1) is 5.69 Å². The highest BCUT2D eigenvalue weighted by atomic mass is 16.5. The van der Waals surface area contributed by atoms with Crippen LogP contribution in [0.5, 0.6) is 5.75 Å². The second kappa shape index (κ2) is 11.2. The average molecular weight is 504 g/mol. The third-order valence-corrected chi connectivity index (χ3v) is 6.78. The molecule has 3 N–H and O–H groups in total. The van der Waals surface area contributed by atoms with Crippen molar-refractivity contribution in [3.05, 3.63) is 48.5 Å². The lowest BCUT2D eigenvalue weighted by atomic mass is 10.0. The Labute approximate surface area is 216 Å². The smallest absolute Gasteiger partial charge is 0.162 e. The van der Waals surface area contributed by atoms with E-state index in [1.807, 2.05) is 36.7 Å². The van der Waals surface area contributed by atoms with E-state index in [0.717, 1.165) is 65.3 Å². The van der Waals surface area contributed by atoms with Crippen molar-refractivity contribution in [1.29, 1.82) is 0 Å². The van der Waals surface area contributed by atoms with Crippen LogP contribution >= 0.6 is 0 Å². The number of benzene rings is 1. The first kappa shape index (κ1) is 25.1. The minimum Gasteiger partial charge on any atom is -0.491 e. The summed E-state index contributed by atoms with van der Waals surface area (Å²) in [5.41, 5.74) is 4.35. The van der Waals surface area contributed by atoms with Crippen molar-refractivity contribution in [2.75, 3.05) is 45.4 Å². The molecular formula is C27H33N7O3. The first-order valence-corrected chi connectivity index (χ1v) is 12.6. The highest BCUT2D eigenvalue weighted by molar-refractivity contribution is 5.93. The van der Waals surface area contributed by atoms with Crippen molar-refractivity contribution in [3.8, 4) is 28.4 Å². The van der Waals surface area contributed by atoms with Crippen molar-refractivity contribution in [1.82, 2.24) is 30.2 Å². The van der Waals surface area contributed by atoms with Crippen LogP contribution in [0.15, 0.2) is 43.0 Å². The third-order valence-electron chi connectivity index (χ3n) is 6.78. The van der Waals surface area contributed by atoms with E-state index in [0.29, 0.717) is 24.2 Å². The van der Waals surface area contributed by atoms with E-state index < -0.39 is 6.10 Å². The predicted octanol–water partition coefficient (Wildman–Crippen LogP) is 2.96. The first-order chi connectivity index (χ1) is 18.0. The molecule has 10 nitrogen and oxygen atoms in total. The summed E-state index contributed by atoms with van der Waals surface area (Å²) < 4.78 is 11.4. The average Bonchev–Trinajstić information content (AvgIpc) is 3.36. The fourth-order valence-corrected chi connectivity index (χ4v) is 4.75. The Hall–Kier alpha value is -3.60. The fourth-order valence-electron chi connectivity index (χ4n) is 4.75. The molecule has 0 unspecified atom stereocenters. The highest BCUT2D eigenvalue weighted by Crippen LogP contribution is 2.35. The lowest BCUT2D eigenvalue weighted by Crippen LogP contribution is -2.37. The van der Waals surface area contributed by atoms with Crippen molar-refractivity contribution < 1.29 is 14.6 Å². The van der Waals surface area contributed by atoms with E-state index in [1.165, 1.54) is 6.33 Å². The zero-order valence-corrected chi connectivity index (χ0v) is 21.4. The van der Waals surface area contributed by atoms with Gasteiger partial charge >= 0.3 is 0 Å². The van der Waals surface area contributed by atoms with Crippen LogP contribution in [-0.4, -0.2) is 82.6 Å². The maximum absolute atomic E-state index is 10.0. The molecule has 1 aromatic carbocycles. The van der Waals surface area contributed by atoms with E-state index in [1.54, 1.807) is 7.05 Å². The molecule has 0 amide bonds. The summed E-state index contributed by atoms with van der Waals surface area (Å²) in [5, 5.41) is 13.9. The zero-order chi connectivity index (χ0) is 25.8. The number of fused-ring (bicyclic) bond motifs is 1. The second-order valence-corrected chi connectivity index (χ2v) is 9.34. The van der Waals surface area contributed by atoms with Crippen LogP contribution in [0, 0.1) is 6.92 Å². The third kappa shape index (κ3) is 5.41. The number of ether oxygens (including phenoxy) is 2. The number of aliphatic hydroxyl groups is 1. The number of anilines is 1. The van der Waals surface area contributed by atoms with Gasteiger partial charge in [-0.2, -0.15) is 0 Å². The summed E-state index contributed by atoms with van der Waals surface area (Å²) >= 11 is 0. The molecule has 1 saturated heterocycles. The number of likely N-dealkylation sites (N-methyl/N-ethyl adjacent to an activating group) is 1. The zero-order valence-electron chi connectivity index (χ0n) is 21.4. The predicted molar refractivity (Wildman–Crippen MR) is 143 cm³/mol. The quantitative estimate of drug-likeness (QED) is 0.316. The molecule has 5 rings (SSSR count). The lowest BCUT2D eigenvalue weighted by Gasteiger charge is -2.33. The Kier molecular flexibility index (Phi) is 7.59. The van der Waals surface area contributed by atoms with Gasteiger partial charge in [0.25, 0.3) is 0 Å². The molecule has 10 heteroatoms. The number of aromatic amines is 1. The van der Waals surface area contributed by atoms with Gasteiger partial charge in [0, 0.05) is 67.3 Å². The maximum atomic E-state index is 10.0. The van der Waals surface area contributed by atoms with Gasteiger partial charge in [-0.25, -0.2) is 19.9 Å². The van der Waals surface area contributed by atoms with Gasteiger partial charge in [-0.1, -0.05) is 12.1 Å². The summed E-state index contributed by atoms with van der Waals surface area (Å²) in [7, 11) is 3.89. The van der Waals surface area contributed by atoms with Crippen LogP contribution in [0.1, 0.15) is 18.4 Å². The number of H-pyrrole nitrogens is 1. The maximum Gasteiger partial charge on any atom is 0.162 e. The summed E-state index contributed by atoms with van der Waals surface area (Å²) in [4.78, 5) is 24.2. The topological polar surface area (TPSA) is 121 Å². The molecule has 3 aromatic heterocycles. The molecule has 1 fully saturated rings. The van der Waals surface area contributed by atoms with E-state index in [4.69, 9.17) is 19.4 Å². The Balaban J connectivity index is 1.57. The largest absolute Gasteiger partial charge is 0.491 e. The molecule has 1 aliphatic rings. The number of rotatable bonds is 9. The molecule has 1 aliphatic heterocycles. The second-order valence-electron chi connectivity index (χ2n) is 9.34. The number of nitrogens with zero attached hydrogens (tertiary/aromatic N) is 5. The van der Waals surface area contributed by atoms with Crippen molar-refractivity contribution in [2.45, 2.75) is 31.9 Å². The molecule has 0 aliphatic carbocycles. The Morgan fingerprint density at radius 1 is 1.27 bits per heavy atom. The van der Waals surface area contributed by atoms with Crippen LogP contribution in [0.3, 0.4) is 0 Å². The number of hydrogen-bond donors (Lipinski definition) is 3. The number of nitrogens with one attached hydrogen (secondary N) is 2. The minimum absolute atomic E-state index is 0.192. The van der Waals surface area contributed by atoms with E-state index in [9.17, 15) is 5.11 Å². The molecule has 4 heterocycles. The number of aromatic nitrogens is 5. The van der Waals surface area contributed by atoms with Gasteiger partial charge in [-0.3, -0.25) is 0 Å². The summed E-state index contributed by atoms with van der Waals surface area (Å²) in [5.74, 6) is 2.13. The Morgan fingerprint density at radius 2 is 2.11 bits per heavy atom. The van der Waals surface area contributed by atoms with Crippen LogP contribution < -0.4 is 15.0 Å². The molecule has 0 radical (unpaired) electrons. The molecule has 0 spiro atoms. The van der Waals surface area contributed by atoms with Crippen LogP contribution in [0.2, 0.25) is 0 Å². The molecule has 37 heavy (non-hydrogen) atoms.